The Kier molecular flexibility index (Phi) is 4.69. The molecule has 0 aliphatic rings. The lowest BCUT2D eigenvalue weighted by Crippen LogP contribution is -2.48. The van der Waals surface area contributed by atoms with Crippen molar-refractivity contribution < 1.29 is 23.2 Å². The summed E-state index contributed by atoms with van der Waals surface area (Å²) in [5.74, 6) is -1.32. The number of sulfonamides is 1. The molecule has 0 amide bonds. The quantitative estimate of drug-likeness (QED) is 0.624. The first-order valence-corrected chi connectivity index (χ1v) is 7.43. The van der Waals surface area contributed by atoms with Crippen molar-refractivity contribution in [2.75, 3.05) is 0 Å². The minimum absolute atomic E-state index is 0.354. The fourth-order valence-corrected chi connectivity index (χ4v) is 3.02. The Hall–Kier alpha value is -2.00. The van der Waals surface area contributed by atoms with Crippen molar-refractivity contribution in [1.29, 1.82) is 0 Å². The molecule has 0 aliphatic heterocycles. The molecule has 0 radical (unpaired) electrons. The number of carboxylic acid groups (broad SMARTS) is 1. The number of nitro benzene ring substituents is 1. The van der Waals surface area contributed by atoms with Gasteiger partial charge in [0.2, 0.25) is 10.0 Å². The first-order valence-electron chi connectivity index (χ1n) is 5.95. The van der Waals surface area contributed by atoms with E-state index >= 15 is 0 Å². The van der Waals surface area contributed by atoms with Crippen LogP contribution in [-0.2, 0) is 14.8 Å². The van der Waals surface area contributed by atoms with Crippen molar-refractivity contribution in [2.45, 2.75) is 31.7 Å². The molecule has 116 valence electrons. The predicted octanol–water partition coefficient (Wildman–Crippen LogP) is 1.37. The summed E-state index contributed by atoms with van der Waals surface area (Å²) in [5.41, 5.74) is -1.25. The first kappa shape index (κ1) is 17.1. The van der Waals surface area contributed by atoms with Crippen molar-refractivity contribution in [2.24, 2.45) is 5.41 Å². The Morgan fingerprint density at radius 1 is 1.38 bits per heavy atom. The van der Waals surface area contributed by atoms with Gasteiger partial charge in [-0.25, -0.2) is 8.42 Å². The van der Waals surface area contributed by atoms with Gasteiger partial charge in [-0.3, -0.25) is 14.9 Å². The lowest BCUT2D eigenvalue weighted by Gasteiger charge is -2.27. The Morgan fingerprint density at radius 3 is 2.38 bits per heavy atom. The molecule has 1 atom stereocenters. The van der Waals surface area contributed by atoms with Crippen LogP contribution in [0.25, 0.3) is 0 Å². The fraction of sp³-hybridized carbons (Fsp3) is 0.417. The third-order valence-electron chi connectivity index (χ3n) is 2.72. The summed E-state index contributed by atoms with van der Waals surface area (Å²) in [4.78, 5) is 20.8. The second kappa shape index (κ2) is 5.78. The minimum atomic E-state index is -4.18. The summed E-state index contributed by atoms with van der Waals surface area (Å²) in [7, 11) is -4.18. The second-order valence-electron chi connectivity index (χ2n) is 5.51. The topological polar surface area (TPSA) is 127 Å². The third kappa shape index (κ3) is 4.23. The van der Waals surface area contributed by atoms with E-state index in [1.165, 1.54) is 6.07 Å². The molecule has 1 aromatic rings. The number of carbonyl (C=O) groups is 1. The molecule has 0 saturated heterocycles. The van der Waals surface area contributed by atoms with E-state index in [0.717, 1.165) is 18.2 Å². The van der Waals surface area contributed by atoms with Gasteiger partial charge in [-0.1, -0.05) is 26.8 Å². The maximum Gasteiger partial charge on any atom is 0.322 e. The summed E-state index contributed by atoms with van der Waals surface area (Å²) in [6, 6.07) is 3.06. The second-order valence-corrected chi connectivity index (χ2v) is 7.23. The summed E-state index contributed by atoms with van der Waals surface area (Å²) in [5, 5.41) is 19.8. The van der Waals surface area contributed by atoms with E-state index in [9.17, 15) is 23.3 Å². The molecular formula is C12H16N2O6S. The average Bonchev–Trinajstić information content (AvgIpc) is 2.34. The highest BCUT2D eigenvalue weighted by Crippen LogP contribution is 2.23. The molecule has 8 nitrogen and oxygen atoms in total. The number of benzene rings is 1. The van der Waals surface area contributed by atoms with E-state index in [1.807, 2.05) is 0 Å². The van der Waals surface area contributed by atoms with Crippen LogP contribution in [0.2, 0.25) is 0 Å². The van der Waals surface area contributed by atoms with Crippen LogP contribution in [0.15, 0.2) is 29.2 Å². The standard InChI is InChI=1S/C12H16N2O6S/c1-12(2,3)10(11(15)16)13-21(19,20)9-6-4-5-8(7-9)14(17)18/h4-7,10,13H,1-3H3,(H,15,16). The lowest BCUT2D eigenvalue weighted by molar-refractivity contribution is -0.385. The molecule has 1 aromatic carbocycles. The van der Waals surface area contributed by atoms with E-state index in [0.29, 0.717) is 0 Å². The van der Waals surface area contributed by atoms with Crippen molar-refractivity contribution in [3.8, 4) is 0 Å². The molecule has 0 spiro atoms. The van der Waals surface area contributed by atoms with Crippen LogP contribution in [0.3, 0.4) is 0 Å². The number of nitrogens with zero attached hydrogens (tertiary/aromatic N) is 1. The molecule has 0 bridgehead atoms. The SMILES string of the molecule is CC(C)(C)C(NS(=O)(=O)c1cccc([N+](=O)[O-])c1)C(=O)O. The summed E-state index contributed by atoms with van der Waals surface area (Å²) in [6.45, 7) is 4.71. The average molecular weight is 316 g/mol. The van der Waals surface area contributed by atoms with Gasteiger partial charge < -0.3 is 5.11 Å². The molecule has 1 unspecified atom stereocenters. The zero-order chi connectivity index (χ0) is 16.4. The number of rotatable bonds is 5. The summed E-state index contributed by atoms with van der Waals surface area (Å²) in [6.07, 6.45) is 0. The van der Waals surface area contributed by atoms with E-state index in [2.05, 4.69) is 4.72 Å². The molecule has 0 aromatic heterocycles. The molecule has 1 rings (SSSR count). The molecular weight excluding hydrogens is 300 g/mol. The zero-order valence-corrected chi connectivity index (χ0v) is 12.5. The van der Waals surface area contributed by atoms with E-state index in [4.69, 9.17) is 5.11 Å². The van der Waals surface area contributed by atoms with Gasteiger partial charge in [-0.15, -0.1) is 0 Å². The van der Waals surface area contributed by atoms with Crippen LogP contribution in [0.1, 0.15) is 20.8 Å². The molecule has 2 N–H and O–H groups in total. The maximum atomic E-state index is 12.2. The largest absolute Gasteiger partial charge is 0.480 e. The third-order valence-corrected chi connectivity index (χ3v) is 4.15. The van der Waals surface area contributed by atoms with Crippen molar-refractivity contribution in [3.05, 3.63) is 34.4 Å². The van der Waals surface area contributed by atoms with Crippen LogP contribution in [-0.4, -0.2) is 30.5 Å². The smallest absolute Gasteiger partial charge is 0.322 e. The van der Waals surface area contributed by atoms with Gasteiger partial charge in [0.05, 0.1) is 9.82 Å². The Morgan fingerprint density at radius 2 is 1.95 bits per heavy atom. The monoisotopic (exact) mass is 316 g/mol. The van der Waals surface area contributed by atoms with Crippen LogP contribution >= 0.6 is 0 Å². The van der Waals surface area contributed by atoms with Crippen LogP contribution in [0.4, 0.5) is 5.69 Å². The first-order chi connectivity index (χ1) is 9.45. The van der Waals surface area contributed by atoms with Crippen LogP contribution in [0.5, 0.6) is 0 Å². The number of hydrogen-bond acceptors (Lipinski definition) is 5. The number of nitrogens with one attached hydrogen (secondary N) is 1. The van der Waals surface area contributed by atoms with Gasteiger partial charge in [0.15, 0.2) is 0 Å². The normalized spacial score (nSPS) is 13.7. The van der Waals surface area contributed by atoms with Gasteiger partial charge in [0, 0.05) is 12.1 Å². The molecule has 21 heavy (non-hydrogen) atoms. The van der Waals surface area contributed by atoms with Crippen LogP contribution < -0.4 is 4.72 Å². The van der Waals surface area contributed by atoms with Crippen molar-refractivity contribution in [3.63, 3.8) is 0 Å². The molecule has 0 saturated carbocycles. The number of hydrogen-bond donors (Lipinski definition) is 2. The predicted molar refractivity (Wildman–Crippen MR) is 74.3 cm³/mol. The number of aliphatic carboxylic acids is 1. The highest BCUT2D eigenvalue weighted by molar-refractivity contribution is 7.89. The number of nitro groups is 1. The van der Waals surface area contributed by atoms with Gasteiger partial charge in [-0.2, -0.15) is 4.72 Å². The molecule has 9 heteroatoms. The number of carboxylic acids is 1. The Bertz CT molecular complexity index is 663. The zero-order valence-electron chi connectivity index (χ0n) is 11.7. The van der Waals surface area contributed by atoms with Crippen molar-refractivity contribution in [1.82, 2.24) is 4.72 Å². The Balaban J connectivity index is 3.20. The molecule has 0 fully saturated rings. The molecule has 0 aliphatic carbocycles. The van der Waals surface area contributed by atoms with Gasteiger partial charge in [0.25, 0.3) is 5.69 Å². The lowest BCUT2D eigenvalue weighted by atomic mass is 9.88. The molecule has 0 heterocycles. The van der Waals surface area contributed by atoms with Gasteiger partial charge in [0.1, 0.15) is 6.04 Å². The van der Waals surface area contributed by atoms with Gasteiger partial charge in [-0.05, 0) is 11.5 Å². The Labute approximate surface area is 122 Å². The maximum absolute atomic E-state index is 12.2. The van der Waals surface area contributed by atoms with E-state index in [-0.39, 0.29) is 10.6 Å². The van der Waals surface area contributed by atoms with Crippen molar-refractivity contribution >= 4 is 21.7 Å². The van der Waals surface area contributed by atoms with Crippen LogP contribution in [0, 0.1) is 15.5 Å². The van der Waals surface area contributed by atoms with Gasteiger partial charge >= 0.3 is 5.97 Å². The van der Waals surface area contributed by atoms with E-state index in [1.54, 1.807) is 20.8 Å². The summed E-state index contributed by atoms with van der Waals surface area (Å²) < 4.78 is 26.4. The van der Waals surface area contributed by atoms with E-state index < -0.39 is 32.4 Å². The highest BCUT2D eigenvalue weighted by atomic mass is 32.2. The fourth-order valence-electron chi connectivity index (χ4n) is 1.59. The highest BCUT2D eigenvalue weighted by Gasteiger charge is 2.35. The summed E-state index contributed by atoms with van der Waals surface area (Å²) >= 11 is 0. The number of non-ortho nitro benzene ring substituents is 1. The minimum Gasteiger partial charge on any atom is -0.480 e.